The van der Waals surface area contributed by atoms with Gasteiger partial charge in [0.05, 0.1) is 17.0 Å². The van der Waals surface area contributed by atoms with Crippen LogP contribution in [0.2, 0.25) is 0 Å². The number of hydrogen-bond acceptors (Lipinski definition) is 6. The summed E-state index contributed by atoms with van der Waals surface area (Å²) in [6.07, 6.45) is 1.64. The van der Waals surface area contributed by atoms with E-state index in [2.05, 4.69) is 20.8 Å². The molecule has 0 saturated heterocycles. The number of rotatable bonds is 6. The maximum Gasteiger partial charge on any atom is 0.242 e. The molecule has 0 bridgehead atoms. The van der Waals surface area contributed by atoms with Crippen molar-refractivity contribution in [2.45, 2.75) is 18.2 Å². The van der Waals surface area contributed by atoms with Gasteiger partial charge in [0.25, 0.3) is 0 Å². The Morgan fingerprint density at radius 2 is 1.86 bits per heavy atom. The molecule has 3 aromatic rings. The van der Waals surface area contributed by atoms with Gasteiger partial charge in [0.15, 0.2) is 0 Å². The molecule has 1 amide bonds. The molecule has 28 heavy (non-hydrogen) atoms. The Bertz CT molecular complexity index is 1080. The van der Waals surface area contributed by atoms with Crippen LogP contribution in [0.4, 0.5) is 5.69 Å². The zero-order valence-corrected chi connectivity index (χ0v) is 16.5. The van der Waals surface area contributed by atoms with E-state index in [1.54, 1.807) is 6.07 Å². The predicted molar refractivity (Wildman–Crippen MR) is 104 cm³/mol. The molecule has 0 aliphatic carbocycles. The fraction of sp³-hybridized carbons (Fsp3) is 0.222. The van der Waals surface area contributed by atoms with Gasteiger partial charge in [-0.25, -0.2) is 17.4 Å². The second-order valence-corrected chi connectivity index (χ2v) is 8.56. The highest BCUT2D eigenvalue weighted by atomic mass is 32.2. The lowest BCUT2D eigenvalue weighted by molar-refractivity contribution is -0.115. The van der Waals surface area contributed by atoms with Gasteiger partial charge in [-0.1, -0.05) is 18.2 Å². The maximum absolute atomic E-state index is 12.4. The molecule has 9 nitrogen and oxygen atoms in total. The summed E-state index contributed by atoms with van der Waals surface area (Å²) in [5, 5.41) is 13.8. The van der Waals surface area contributed by atoms with Gasteiger partial charge < -0.3 is 5.32 Å². The SMILES string of the molecule is Cc1ccc(S(=O)(=O)N(C)C)cc1NC(=O)Cc1ccc(-n2cnnn2)cc1. The Balaban J connectivity index is 1.73. The molecule has 0 aliphatic heterocycles. The summed E-state index contributed by atoms with van der Waals surface area (Å²) >= 11 is 0. The van der Waals surface area contributed by atoms with Gasteiger partial charge in [0.2, 0.25) is 15.9 Å². The van der Waals surface area contributed by atoms with Crippen LogP contribution in [0.15, 0.2) is 53.7 Å². The van der Waals surface area contributed by atoms with Gasteiger partial charge in [-0.15, -0.1) is 5.10 Å². The van der Waals surface area contributed by atoms with Crippen molar-refractivity contribution < 1.29 is 13.2 Å². The largest absolute Gasteiger partial charge is 0.326 e. The van der Waals surface area contributed by atoms with Crippen LogP contribution < -0.4 is 5.32 Å². The number of carbonyl (C=O) groups excluding carboxylic acids is 1. The number of tetrazole rings is 1. The number of aromatic nitrogens is 4. The van der Waals surface area contributed by atoms with E-state index in [4.69, 9.17) is 0 Å². The maximum atomic E-state index is 12.4. The molecule has 2 aromatic carbocycles. The van der Waals surface area contributed by atoms with E-state index in [1.165, 1.54) is 37.2 Å². The third-order valence-corrected chi connectivity index (χ3v) is 5.99. The van der Waals surface area contributed by atoms with Crippen LogP contribution in [0.25, 0.3) is 5.69 Å². The molecular formula is C18H20N6O3S. The predicted octanol–water partition coefficient (Wildman–Crippen LogP) is 1.40. The zero-order valence-electron chi connectivity index (χ0n) is 15.7. The molecule has 0 saturated carbocycles. The second-order valence-electron chi connectivity index (χ2n) is 6.41. The summed E-state index contributed by atoms with van der Waals surface area (Å²) in [5.74, 6) is -0.238. The summed E-state index contributed by atoms with van der Waals surface area (Å²) in [6, 6.07) is 11.9. The quantitative estimate of drug-likeness (QED) is 0.670. The Morgan fingerprint density at radius 3 is 2.46 bits per heavy atom. The molecule has 0 aliphatic rings. The first kappa shape index (κ1) is 19.6. The van der Waals surface area contributed by atoms with Crippen molar-refractivity contribution in [1.29, 1.82) is 0 Å². The van der Waals surface area contributed by atoms with Crippen LogP contribution in [0.1, 0.15) is 11.1 Å². The first-order valence-corrected chi connectivity index (χ1v) is 9.87. The number of amides is 1. The average molecular weight is 400 g/mol. The first-order chi connectivity index (χ1) is 13.3. The van der Waals surface area contributed by atoms with Crippen LogP contribution in [0.3, 0.4) is 0 Å². The number of benzene rings is 2. The van der Waals surface area contributed by atoms with Crippen LogP contribution in [-0.2, 0) is 21.2 Å². The van der Waals surface area contributed by atoms with Gasteiger partial charge in [-0.2, -0.15) is 0 Å². The molecule has 0 spiro atoms. The zero-order chi connectivity index (χ0) is 20.3. The van der Waals surface area contributed by atoms with Gasteiger partial charge in [0, 0.05) is 19.8 Å². The molecule has 1 heterocycles. The fourth-order valence-corrected chi connectivity index (χ4v) is 3.46. The summed E-state index contributed by atoms with van der Waals surface area (Å²) in [4.78, 5) is 12.6. The Kier molecular flexibility index (Phi) is 5.52. The molecule has 146 valence electrons. The first-order valence-electron chi connectivity index (χ1n) is 8.43. The lowest BCUT2D eigenvalue weighted by atomic mass is 10.1. The highest BCUT2D eigenvalue weighted by Gasteiger charge is 2.18. The summed E-state index contributed by atoms with van der Waals surface area (Å²) < 4.78 is 27.2. The average Bonchev–Trinajstić information content (AvgIpc) is 3.18. The van der Waals surface area contributed by atoms with Crippen molar-refractivity contribution in [3.8, 4) is 5.69 Å². The monoisotopic (exact) mass is 400 g/mol. The van der Waals surface area contributed by atoms with Crippen molar-refractivity contribution in [3.63, 3.8) is 0 Å². The van der Waals surface area contributed by atoms with Gasteiger partial charge in [-0.3, -0.25) is 4.79 Å². The van der Waals surface area contributed by atoms with Crippen LogP contribution in [0.5, 0.6) is 0 Å². The van der Waals surface area contributed by atoms with Crippen LogP contribution in [-0.4, -0.2) is 52.9 Å². The minimum Gasteiger partial charge on any atom is -0.326 e. The Labute approximate surface area is 163 Å². The molecule has 0 radical (unpaired) electrons. The number of carbonyl (C=O) groups is 1. The normalized spacial score (nSPS) is 11.6. The number of nitrogens with one attached hydrogen (secondary N) is 1. The van der Waals surface area contributed by atoms with Crippen molar-refractivity contribution in [2.75, 3.05) is 19.4 Å². The van der Waals surface area contributed by atoms with E-state index in [-0.39, 0.29) is 17.2 Å². The number of aryl methyl sites for hydroxylation is 1. The van der Waals surface area contributed by atoms with Crippen molar-refractivity contribution in [2.24, 2.45) is 0 Å². The molecule has 10 heteroatoms. The minimum absolute atomic E-state index is 0.129. The van der Waals surface area contributed by atoms with E-state index in [0.29, 0.717) is 5.69 Å². The molecular weight excluding hydrogens is 380 g/mol. The second kappa shape index (κ2) is 7.87. The third-order valence-electron chi connectivity index (χ3n) is 4.18. The van der Waals surface area contributed by atoms with Gasteiger partial charge in [0.1, 0.15) is 6.33 Å². The summed E-state index contributed by atoms with van der Waals surface area (Å²) in [6.45, 7) is 1.81. The van der Waals surface area contributed by atoms with Crippen molar-refractivity contribution >= 4 is 21.6 Å². The highest BCUT2D eigenvalue weighted by Crippen LogP contribution is 2.22. The standard InChI is InChI=1S/C18H20N6O3S/c1-13-4-9-16(28(26,27)23(2)3)11-17(13)20-18(25)10-14-5-7-15(8-6-14)24-12-19-21-22-24/h4-9,11-12H,10H2,1-3H3,(H,20,25). The van der Waals surface area contributed by atoms with Crippen LogP contribution in [0, 0.1) is 6.92 Å². The molecule has 0 unspecified atom stereocenters. The van der Waals surface area contributed by atoms with Crippen LogP contribution >= 0.6 is 0 Å². The summed E-state index contributed by atoms with van der Waals surface area (Å²) in [5.41, 5.74) is 2.84. The minimum atomic E-state index is -3.57. The molecule has 0 atom stereocenters. The molecule has 1 aromatic heterocycles. The molecule has 0 fully saturated rings. The van der Waals surface area contributed by atoms with Gasteiger partial charge >= 0.3 is 0 Å². The fourth-order valence-electron chi connectivity index (χ4n) is 2.53. The molecule has 1 N–H and O–H groups in total. The topological polar surface area (TPSA) is 110 Å². The van der Waals surface area contributed by atoms with Gasteiger partial charge in [-0.05, 0) is 52.7 Å². The lowest BCUT2D eigenvalue weighted by Crippen LogP contribution is -2.22. The summed E-state index contributed by atoms with van der Waals surface area (Å²) in [7, 11) is -0.644. The number of anilines is 1. The van der Waals surface area contributed by atoms with E-state index >= 15 is 0 Å². The van der Waals surface area contributed by atoms with Crippen molar-refractivity contribution in [3.05, 3.63) is 59.9 Å². The Morgan fingerprint density at radius 1 is 1.14 bits per heavy atom. The number of hydrogen-bond donors (Lipinski definition) is 1. The van der Waals surface area contributed by atoms with E-state index in [1.807, 2.05) is 31.2 Å². The van der Waals surface area contributed by atoms with E-state index < -0.39 is 10.0 Å². The van der Waals surface area contributed by atoms with E-state index in [9.17, 15) is 13.2 Å². The number of nitrogens with zero attached hydrogens (tertiary/aromatic N) is 5. The smallest absolute Gasteiger partial charge is 0.242 e. The lowest BCUT2D eigenvalue weighted by Gasteiger charge is -2.14. The number of sulfonamides is 1. The van der Waals surface area contributed by atoms with Crippen molar-refractivity contribution in [1.82, 2.24) is 24.5 Å². The highest BCUT2D eigenvalue weighted by molar-refractivity contribution is 7.89. The van der Waals surface area contributed by atoms with E-state index in [0.717, 1.165) is 21.1 Å². The molecule has 3 rings (SSSR count). The third kappa shape index (κ3) is 4.24. The Hall–Kier alpha value is -3.11.